The molecule has 0 unspecified atom stereocenters. The number of anilines is 2. The monoisotopic (exact) mass is 445 g/mol. The van der Waals surface area contributed by atoms with Crippen molar-refractivity contribution >= 4 is 48.2 Å². The van der Waals surface area contributed by atoms with Crippen molar-refractivity contribution in [3.8, 4) is 0 Å². The molecule has 30 heavy (non-hydrogen) atoms. The first-order chi connectivity index (χ1) is 14.1. The van der Waals surface area contributed by atoms with Crippen LogP contribution in [0.1, 0.15) is 17.5 Å². The Bertz CT molecular complexity index is 1370. The van der Waals surface area contributed by atoms with Gasteiger partial charge in [0.1, 0.15) is 0 Å². The molecule has 10 heteroatoms. The van der Waals surface area contributed by atoms with Gasteiger partial charge in [0.15, 0.2) is 0 Å². The Kier molecular flexibility index (Phi) is 4.78. The number of carbonyl (C=O) groups excluding carboxylic acids is 1. The van der Waals surface area contributed by atoms with E-state index in [1.165, 1.54) is 12.1 Å². The second-order valence-electron chi connectivity index (χ2n) is 7.12. The fourth-order valence-electron chi connectivity index (χ4n) is 3.72. The second-order valence-corrected chi connectivity index (χ2v) is 10.7. The molecule has 1 aliphatic rings. The van der Waals surface area contributed by atoms with Gasteiger partial charge in [-0.2, -0.15) is 0 Å². The lowest BCUT2D eigenvalue weighted by atomic mass is 10.1. The zero-order valence-electron chi connectivity index (χ0n) is 16.3. The minimum atomic E-state index is -3.99. The SMILES string of the molecule is Cc1cc(N2C(=O)CCS2(=O)=O)cc(C)c1S(=O)(=O)Nc1cccc2cccnc12. The van der Waals surface area contributed by atoms with Gasteiger partial charge in [0, 0.05) is 18.0 Å². The number of aryl methyl sites for hydroxylation is 2. The molecule has 1 amide bonds. The number of carbonyl (C=O) groups is 1. The molecule has 3 aromatic rings. The molecule has 8 nitrogen and oxygen atoms in total. The molecule has 0 atom stereocenters. The summed E-state index contributed by atoms with van der Waals surface area (Å²) in [6.07, 6.45) is 1.50. The number of benzene rings is 2. The molecule has 156 valence electrons. The van der Waals surface area contributed by atoms with Crippen LogP contribution in [0.3, 0.4) is 0 Å². The molecular weight excluding hydrogens is 426 g/mol. The molecule has 0 aliphatic carbocycles. The van der Waals surface area contributed by atoms with Crippen LogP contribution in [0.4, 0.5) is 11.4 Å². The Morgan fingerprint density at radius 3 is 2.37 bits per heavy atom. The van der Waals surface area contributed by atoms with E-state index in [2.05, 4.69) is 9.71 Å². The van der Waals surface area contributed by atoms with Gasteiger partial charge in [0.25, 0.3) is 10.0 Å². The average molecular weight is 446 g/mol. The number of pyridine rings is 1. The van der Waals surface area contributed by atoms with Crippen LogP contribution < -0.4 is 9.03 Å². The molecule has 0 radical (unpaired) electrons. The van der Waals surface area contributed by atoms with Gasteiger partial charge in [-0.05, 0) is 49.2 Å². The van der Waals surface area contributed by atoms with Crippen LogP contribution in [0.25, 0.3) is 10.9 Å². The van der Waals surface area contributed by atoms with E-state index < -0.39 is 26.0 Å². The predicted molar refractivity (Wildman–Crippen MR) is 114 cm³/mol. The Hall–Kier alpha value is -2.98. The largest absolute Gasteiger partial charge is 0.277 e. The van der Waals surface area contributed by atoms with Crippen molar-refractivity contribution < 1.29 is 21.6 Å². The van der Waals surface area contributed by atoms with E-state index in [-0.39, 0.29) is 22.8 Å². The number of nitrogens with one attached hydrogen (secondary N) is 1. The first-order valence-electron chi connectivity index (χ1n) is 9.14. The molecule has 1 fully saturated rings. The van der Waals surface area contributed by atoms with Crippen molar-refractivity contribution in [3.63, 3.8) is 0 Å². The first kappa shape index (κ1) is 20.3. The standard InChI is InChI=1S/C20H19N3O5S2/c1-13-11-16(23-18(24)8-10-29(23,25)26)12-14(2)20(13)30(27,28)22-17-7-3-5-15-6-4-9-21-19(15)17/h3-7,9,11-12,22H,8,10H2,1-2H3. The zero-order chi connectivity index (χ0) is 21.7. The van der Waals surface area contributed by atoms with Gasteiger partial charge >= 0.3 is 0 Å². The molecular formula is C20H19N3O5S2. The molecule has 2 aromatic carbocycles. The maximum atomic E-state index is 13.2. The van der Waals surface area contributed by atoms with Crippen molar-refractivity contribution in [2.45, 2.75) is 25.2 Å². The van der Waals surface area contributed by atoms with Gasteiger partial charge in [-0.15, -0.1) is 0 Å². The van der Waals surface area contributed by atoms with E-state index in [1.807, 2.05) is 12.1 Å². The molecule has 0 bridgehead atoms. The van der Waals surface area contributed by atoms with Crippen LogP contribution >= 0.6 is 0 Å². The Labute approximate surface area is 174 Å². The van der Waals surface area contributed by atoms with Crippen LogP contribution in [0.5, 0.6) is 0 Å². The molecule has 1 N–H and O–H groups in total. The third kappa shape index (κ3) is 3.41. The van der Waals surface area contributed by atoms with E-state index in [0.717, 1.165) is 9.69 Å². The summed E-state index contributed by atoms with van der Waals surface area (Å²) < 4.78 is 54.1. The predicted octanol–water partition coefficient (Wildman–Crippen LogP) is 2.72. The van der Waals surface area contributed by atoms with Crippen molar-refractivity contribution in [1.82, 2.24) is 4.98 Å². The fraction of sp³-hybridized carbons (Fsp3) is 0.200. The summed E-state index contributed by atoms with van der Waals surface area (Å²) in [5.41, 5.74) is 1.68. The molecule has 1 aliphatic heterocycles. The van der Waals surface area contributed by atoms with E-state index in [0.29, 0.717) is 22.3 Å². The van der Waals surface area contributed by atoms with E-state index in [1.54, 1.807) is 38.2 Å². The fourth-order valence-corrected chi connectivity index (χ4v) is 6.68. The lowest BCUT2D eigenvalue weighted by molar-refractivity contribution is -0.116. The maximum Gasteiger partial charge on any atom is 0.262 e. The smallest absolute Gasteiger partial charge is 0.262 e. The third-order valence-electron chi connectivity index (χ3n) is 4.90. The highest BCUT2D eigenvalue weighted by molar-refractivity contribution is 7.94. The van der Waals surface area contributed by atoms with Crippen LogP contribution in [0.15, 0.2) is 53.6 Å². The quantitative estimate of drug-likeness (QED) is 0.661. The number of fused-ring (bicyclic) bond motifs is 1. The summed E-state index contributed by atoms with van der Waals surface area (Å²) >= 11 is 0. The lowest BCUT2D eigenvalue weighted by Crippen LogP contribution is -2.29. The van der Waals surface area contributed by atoms with Gasteiger partial charge in [0.2, 0.25) is 15.9 Å². The highest BCUT2D eigenvalue weighted by atomic mass is 32.2. The van der Waals surface area contributed by atoms with Gasteiger partial charge < -0.3 is 0 Å². The molecule has 0 saturated carbocycles. The molecule has 0 spiro atoms. The molecule has 1 saturated heterocycles. The maximum absolute atomic E-state index is 13.2. The van der Waals surface area contributed by atoms with Crippen LogP contribution in [0.2, 0.25) is 0 Å². The number of rotatable bonds is 4. The number of hydrogen-bond donors (Lipinski definition) is 1. The van der Waals surface area contributed by atoms with Gasteiger partial charge in [-0.25, -0.2) is 21.1 Å². The number of sulfonamides is 2. The van der Waals surface area contributed by atoms with E-state index >= 15 is 0 Å². The van der Waals surface area contributed by atoms with Gasteiger partial charge in [-0.3, -0.25) is 14.5 Å². The Balaban J connectivity index is 1.77. The minimum Gasteiger partial charge on any atom is -0.277 e. The summed E-state index contributed by atoms with van der Waals surface area (Å²) in [6.45, 7) is 3.14. The van der Waals surface area contributed by atoms with Crippen LogP contribution in [0, 0.1) is 13.8 Å². The second kappa shape index (κ2) is 7.06. The summed E-state index contributed by atoms with van der Waals surface area (Å²) in [7, 11) is -7.73. The number of amides is 1. The number of para-hydroxylation sites is 1. The van der Waals surface area contributed by atoms with Crippen molar-refractivity contribution in [1.29, 1.82) is 0 Å². The summed E-state index contributed by atoms with van der Waals surface area (Å²) in [6, 6.07) is 11.6. The molecule has 2 heterocycles. The highest BCUT2D eigenvalue weighted by Crippen LogP contribution is 2.32. The average Bonchev–Trinajstić information content (AvgIpc) is 2.93. The van der Waals surface area contributed by atoms with Crippen molar-refractivity contribution in [3.05, 3.63) is 59.8 Å². The lowest BCUT2D eigenvalue weighted by Gasteiger charge is -2.19. The summed E-state index contributed by atoms with van der Waals surface area (Å²) in [5.74, 6) is -0.774. The van der Waals surface area contributed by atoms with Gasteiger partial charge in [0.05, 0.1) is 27.5 Å². The number of nitrogens with zero attached hydrogens (tertiary/aromatic N) is 2. The molecule has 1 aromatic heterocycles. The Morgan fingerprint density at radius 2 is 1.73 bits per heavy atom. The van der Waals surface area contributed by atoms with Gasteiger partial charge in [-0.1, -0.05) is 18.2 Å². The normalized spacial score (nSPS) is 16.2. The topological polar surface area (TPSA) is 114 Å². The van der Waals surface area contributed by atoms with Crippen LogP contribution in [-0.4, -0.2) is 33.5 Å². The van der Waals surface area contributed by atoms with E-state index in [9.17, 15) is 21.6 Å². The highest BCUT2D eigenvalue weighted by Gasteiger charge is 2.37. The van der Waals surface area contributed by atoms with Crippen molar-refractivity contribution in [2.24, 2.45) is 0 Å². The summed E-state index contributed by atoms with van der Waals surface area (Å²) in [4.78, 5) is 16.4. The minimum absolute atomic E-state index is 0.0308. The number of hydrogen-bond acceptors (Lipinski definition) is 6. The number of aromatic nitrogens is 1. The molecule has 4 rings (SSSR count). The zero-order valence-corrected chi connectivity index (χ0v) is 17.9. The van der Waals surface area contributed by atoms with Crippen molar-refractivity contribution in [2.75, 3.05) is 14.8 Å². The first-order valence-corrected chi connectivity index (χ1v) is 12.2. The Morgan fingerprint density at radius 1 is 1.07 bits per heavy atom. The van der Waals surface area contributed by atoms with Crippen LogP contribution in [-0.2, 0) is 24.8 Å². The van der Waals surface area contributed by atoms with E-state index in [4.69, 9.17) is 0 Å². The third-order valence-corrected chi connectivity index (χ3v) is 8.26. The summed E-state index contributed by atoms with van der Waals surface area (Å²) in [5, 5.41) is 0.791.